The number of halogens is 3. The van der Waals surface area contributed by atoms with Crippen LogP contribution in [0.2, 0.25) is 10.0 Å². The predicted octanol–water partition coefficient (Wildman–Crippen LogP) is 6.20. The third-order valence-corrected chi connectivity index (χ3v) is 6.19. The largest absolute Gasteiger partial charge is 0.359 e. The molecule has 2 amide bonds. The van der Waals surface area contributed by atoms with Crippen molar-refractivity contribution >= 4 is 35.0 Å². The SMILES string of the molecule is Cc1ccc(C(=O)N(Cc2ccc(Cl)c(Cl)c2)Cc2cc(C(=O)NCc3ccc(F)cc3)no2)cc1. The first kappa shape index (κ1) is 25.4. The molecular formula is C27H22Cl2FN3O3. The second kappa shape index (κ2) is 11.4. The highest BCUT2D eigenvalue weighted by atomic mass is 35.5. The van der Waals surface area contributed by atoms with Crippen molar-refractivity contribution in [2.24, 2.45) is 0 Å². The van der Waals surface area contributed by atoms with Gasteiger partial charge in [-0.1, -0.05) is 64.3 Å². The third kappa shape index (κ3) is 6.50. The van der Waals surface area contributed by atoms with Crippen molar-refractivity contribution in [3.63, 3.8) is 0 Å². The Morgan fingerprint density at radius 1 is 0.917 bits per heavy atom. The molecule has 6 nitrogen and oxygen atoms in total. The van der Waals surface area contributed by atoms with Crippen molar-refractivity contribution in [2.45, 2.75) is 26.6 Å². The van der Waals surface area contributed by atoms with E-state index in [1.807, 2.05) is 19.1 Å². The zero-order chi connectivity index (χ0) is 25.7. The molecule has 0 aliphatic heterocycles. The lowest BCUT2D eigenvalue weighted by Gasteiger charge is -2.22. The van der Waals surface area contributed by atoms with Crippen molar-refractivity contribution in [2.75, 3.05) is 0 Å². The number of hydrogen-bond donors (Lipinski definition) is 1. The number of carbonyl (C=O) groups is 2. The summed E-state index contributed by atoms with van der Waals surface area (Å²) >= 11 is 12.2. The summed E-state index contributed by atoms with van der Waals surface area (Å²) in [6.07, 6.45) is 0. The van der Waals surface area contributed by atoms with Crippen LogP contribution in [0.1, 0.15) is 43.3 Å². The van der Waals surface area contributed by atoms with Crippen LogP contribution in [0, 0.1) is 12.7 Å². The standard InChI is InChI=1S/C27H22Cl2FN3O3/c1-17-2-7-20(8-3-17)27(35)33(15-19-6-11-23(28)24(29)12-19)16-22-13-25(32-36-22)26(34)31-14-18-4-9-21(30)10-5-18/h2-13H,14-16H2,1H3,(H,31,34). The summed E-state index contributed by atoms with van der Waals surface area (Å²) in [5.74, 6) is -0.686. The van der Waals surface area contributed by atoms with E-state index in [1.54, 1.807) is 47.4 Å². The Bertz CT molecular complexity index is 1370. The lowest BCUT2D eigenvalue weighted by atomic mass is 10.1. The minimum atomic E-state index is -0.449. The maximum atomic E-state index is 13.3. The molecule has 3 aromatic carbocycles. The minimum Gasteiger partial charge on any atom is -0.359 e. The number of carbonyl (C=O) groups excluding carboxylic acids is 2. The van der Waals surface area contributed by atoms with Crippen LogP contribution in [-0.4, -0.2) is 21.9 Å². The summed E-state index contributed by atoms with van der Waals surface area (Å²) < 4.78 is 18.4. The molecule has 9 heteroatoms. The third-order valence-electron chi connectivity index (χ3n) is 5.45. The van der Waals surface area contributed by atoms with Crippen molar-refractivity contribution in [3.05, 3.63) is 122 Å². The summed E-state index contributed by atoms with van der Waals surface area (Å²) in [5, 5.41) is 7.37. The molecule has 1 heterocycles. The number of aryl methyl sites for hydroxylation is 1. The Hall–Kier alpha value is -3.68. The molecule has 1 N–H and O–H groups in total. The first-order chi connectivity index (χ1) is 17.3. The van der Waals surface area contributed by atoms with E-state index in [4.69, 9.17) is 27.7 Å². The highest BCUT2D eigenvalue weighted by Gasteiger charge is 2.21. The summed E-state index contributed by atoms with van der Waals surface area (Å²) in [4.78, 5) is 27.4. The molecule has 0 unspecified atom stereocenters. The van der Waals surface area contributed by atoms with E-state index in [0.29, 0.717) is 21.4 Å². The molecule has 0 spiro atoms. The van der Waals surface area contributed by atoms with Crippen molar-refractivity contribution < 1.29 is 18.5 Å². The van der Waals surface area contributed by atoms with Crippen molar-refractivity contribution in [3.8, 4) is 0 Å². The van der Waals surface area contributed by atoms with E-state index in [2.05, 4.69) is 10.5 Å². The monoisotopic (exact) mass is 525 g/mol. The van der Waals surface area contributed by atoms with E-state index in [1.165, 1.54) is 18.2 Å². The van der Waals surface area contributed by atoms with Crippen LogP contribution in [0.15, 0.2) is 77.3 Å². The van der Waals surface area contributed by atoms with Crippen LogP contribution in [-0.2, 0) is 19.6 Å². The van der Waals surface area contributed by atoms with Gasteiger partial charge >= 0.3 is 0 Å². The molecule has 0 aliphatic carbocycles. The van der Waals surface area contributed by atoms with Gasteiger partial charge in [-0.3, -0.25) is 9.59 Å². The highest BCUT2D eigenvalue weighted by molar-refractivity contribution is 6.42. The number of nitrogens with zero attached hydrogens (tertiary/aromatic N) is 2. The topological polar surface area (TPSA) is 75.4 Å². The lowest BCUT2D eigenvalue weighted by molar-refractivity contribution is 0.0713. The molecule has 4 aromatic rings. The quantitative estimate of drug-likeness (QED) is 0.297. The number of benzene rings is 3. The van der Waals surface area contributed by atoms with Gasteiger partial charge in [0.1, 0.15) is 5.82 Å². The molecule has 0 fully saturated rings. The molecule has 0 atom stereocenters. The fraction of sp³-hybridized carbons (Fsp3) is 0.148. The average molecular weight is 526 g/mol. The van der Waals surface area contributed by atoms with Crippen LogP contribution in [0.5, 0.6) is 0 Å². The number of aromatic nitrogens is 1. The van der Waals surface area contributed by atoms with Crippen LogP contribution in [0.25, 0.3) is 0 Å². The first-order valence-electron chi connectivity index (χ1n) is 11.1. The molecule has 0 saturated heterocycles. The lowest BCUT2D eigenvalue weighted by Crippen LogP contribution is -2.30. The number of hydrogen-bond acceptors (Lipinski definition) is 4. The second-order valence-electron chi connectivity index (χ2n) is 8.26. The van der Waals surface area contributed by atoms with Gasteiger partial charge < -0.3 is 14.7 Å². The summed E-state index contributed by atoms with van der Waals surface area (Å²) in [5.41, 5.74) is 3.14. The van der Waals surface area contributed by atoms with Gasteiger partial charge in [0.05, 0.1) is 16.6 Å². The molecule has 36 heavy (non-hydrogen) atoms. The summed E-state index contributed by atoms with van der Waals surface area (Å²) in [6.45, 7) is 2.46. The zero-order valence-electron chi connectivity index (χ0n) is 19.3. The number of nitrogens with one attached hydrogen (secondary N) is 1. The Kier molecular flexibility index (Phi) is 8.03. The Labute approximate surface area is 217 Å². The van der Waals surface area contributed by atoms with E-state index < -0.39 is 5.91 Å². The number of rotatable bonds is 8. The maximum Gasteiger partial charge on any atom is 0.273 e. The van der Waals surface area contributed by atoms with Crippen LogP contribution >= 0.6 is 23.2 Å². The average Bonchev–Trinajstić information content (AvgIpc) is 3.34. The van der Waals surface area contributed by atoms with Gasteiger partial charge in [-0.15, -0.1) is 0 Å². The Morgan fingerprint density at radius 2 is 1.61 bits per heavy atom. The number of amides is 2. The molecular weight excluding hydrogens is 504 g/mol. The van der Waals surface area contributed by atoms with Crippen molar-refractivity contribution in [1.82, 2.24) is 15.4 Å². The van der Waals surface area contributed by atoms with E-state index in [-0.39, 0.29) is 37.1 Å². The van der Waals surface area contributed by atoms with E-state index >= 15 is 0 Å². The van der Waals surface area contributed by atoms with Crippen LogP contribution < -0.4 is 5.32 Å². The van der Waals surface area contributed by atoms with Gasteiger partial charge in [-0.25, -0.2) is 4.39 Å². The molecule has 184 valence electrons. The molecule has 0 radical (unpaired) electrons. The minimum absolute atomic E-state index is 0.0735. The van der Waals surface area contributed by atoms with Gasteiger partial charge in [0.2, 0.25) is 0 Å². The van der Waals surface area contributed by atoms with Gasteiger partial charge in [-0.05, 0) is 54.4 Å². The first-order valence-corrected chi connectivity index (χ1v) is 11.8. The molecule has 0 bridgehead atoms. The zero-order valence-corrected chi connectivity index (χ0v) is 20.8. The molecule has 0 aliphatic rings. The van der Waals surface area contributed by atoms with E-state index in [0.717, 1.165) is 16.7 Å². The maximum absolute atomic E-state index is 13.3. The fourth-order valence-electron chi connectivity index (χ4n) is 3.49. The van der Waals surface area contributed by atoms with Gasteiger partial charge in [0.25, 0.3) is 11.8 Å². The molecule has 1 aromatic heterocycles. The van der Waals surface area contributed by atoms with Crippen LogP contribution in [0.3, 0.4) is 0 Å². The van der Waals surface area contributed by atoms with Gasteiger partial charge in [-0.2, -0.15) is 0 Å². The summed E-state index contributed by atoms with van der Waals surface area (Å²) in [7, 11) is 0. The normalized spacial score (nSPS) is 10.8. The van der Waals surface area contributed by atoms with Crippen LogP contribution in [0.4, 0.5) is 4.39 Å². The summed E-state index contributed by atoms with van der Waals surface area (Å²) in [6, 6.07) is 19.7. The highest BCUT2D eigenvalue weighted by Crippen LogP contribution is 2.24. The van der Waals surface area contributed by atoms with Gasteiger partial charge in [0.15, 0.2) is 11.5 Å². The Morgan fingerprint density at radius 3 is 2.31 bits per heavy atom. The van der Waals surface area contributed by atoms with Crippen molar-refractivity contribution in [1.29, 1.82) is 0 Å². The van der Waals surface area contributed by atoms with E-state index in [9.17, 15) is 14.0 Å². The smallest absolute Gasteiger partial charge is 0.273 e. The molecule has 0 saturated carbocycles. The Balaban J connectivity index is 1.49. The molecule has 4 rings (SSSR count). The fourth-order valence-corrected chi connectivity index (χ4v) is 3.82. The van der Waals surface area contributed by atoms with Gasteiger partial charge in [0, 0.05) is 24.7 Å². The second-order valence-corrected chi connectivity index (χ2v) is 9.08. The predicted molar refractivity (Wildman–Crippen MR) is 135 cm³/mol.